The number of aryl methyl sites for hydroxylation is 1. The first kappa shape index (κ1) is 13.9. The van der Waals surface area contributed by atoms with Gasteiger partial charge >= 0.3 is 0 Å². The van der Waals surface area contributed by atoms with Crippen LogP contribution < -0.4 is 0 Å². The fraction of sp³-hybridized carbons (Fsp3) is 0.500. The maximum atomic E-state index is 11.9. The van der Waals surface area contributed by atoms with Crippen molar-refractivity contribution in [2.75, 3.05) is 24.7 Å². The lowest BCUT2D eigenvalue weighted by molar-refractivity contribution is 0.0416. The summed E-state index contributed by atoms with van der Waals surface area (Å²) in [5.41, 5.74) is 1.01. The lowest BCUT2D eigenvalue weighted by Crippen LogP contribution is -2.29. The van der Waals surface area contributed by atoms with E-state index < -0.39 is 10.1 Å². The highest BCUT2D eigenvalue weighted by Gasteiger charge is 2.20. The molecule has 1 aliphatic rings. The van der Waals surface area contributed by atoms with E-state index in [0.29, 0.717) is 6.61 Å². The van der Waals surface area contributed by atoms with Crippen molar-refractivity contribution in [3.05, 3.63) is 29.8 Å². The molecule has 0 saturated carbocycles. The zero-order valence-corrected chi connectivity index (χ0v) is 11.8. The second-order valence-corrected chi connectivity index (χ2v) is 6.88. The second kappa shape index (κ2) is 6.06. The van der Waals surface area contributed by atoms with Crippen molar-refractivity contribution in [1.29, 1.82) is 0 Å². The molecule has 1 aromatic rings. The monoisotopic (exact) mass is 288 g/mol. The molecule has 0 bridgehead atoms. The van der Waals surface area contributed by atoms with E-state index in [2.05, 4.69) is 0 Å². The van der Waals surface area contributed by atoms with Crippen LogP contribution in [0.15, 0.2) is 29.2 Å². The largest absolute Gasteiger partial charge is 0.374 e. The third-order valence-corrected chi connectivity index (χ3v) is 4.96. The van der Waals surface area contributed by atoms with Crippen molar-refractivity contribution in [2.24, 2.45) is 0 Å². The first-order valence-electron chi connectivity index (χ1n) is 5.73. The van der Waals surface area contributed by atoms with Crippen molar-refractivity contribution in [3.8, 4) is 0 Å². The van der Waals surface area contributed by atoms with Gasteiger partial charge < -0.3 is 4.74 Å². The summed E-state index contributed by atoms with van der Waals surface area (Å²) >= 11 is 1.75. The van der Waals surface area contributed by atoms with E-state index in [-0.39, 0.29) is 17.6 Å². The molecule has 1 atom stereocenters. The van der Waals surface area contributed by atoms with Gasteiger partial charge in [0.2, 0.25) is 0 Å². The number of rotatable bonds is 4. The maximum absolute atomic E-state index is 11.9. The molecule has 1 aliphatic heterocycles. The predicted octanol–water partition coefficient (Wildman–Crippen LogP) is 1.83. The number of benzene rings is 1. The van der Waals surface area contributed by atoms with Gasteiger partial charge in [-0.2, -0.15) is 20.2 Å². The standard InChI is InChI=1S/C12H16O4S2/c1-10-2-4-12(5-3-10)18(13,14)16-8-11-9-17-7-6-15-11/h2-5,11H,6-9H2,1H3. The first-order chi connectivity index (χ1) is 8.58. The average Bonchev–Trinajstić information content (AvgIpc) is 2.38. The molecule has 1 heterocycles. The number of thioether (sulfide) groups is 1. The third kappa shape index (κ3) is 3.71. The number of hydrogen-bond donors (Lipinski definition) is 0. The average molecular weight is 288 g/mol. The molecular weight excluding hydrogens is 272 g/mol. The quantitative estimate of drug-likeness (QED) is 0.791. The molecule has 18 heavy (non-hydrogen) atoms. The third-order valence-electron chi connectivity index (χ3n) is 2.60. The predicted molar refractivity (Wildman–Crippen MR) is 71.4 cm³/mol. The van der Waals surface area contributed by atoms with E-state index in [1.54, 1.807) is 36.0 Å². The summed E-state index contributed by atoms with van der Waals surface area (Å²) in [6.45, 7) is 2.65. The normalized spacial score (nSPS) is 20.8. The number of hydrogen-bond acceptors (Lipinski definition) is 5. The molecule has 0 aromatic heterocycles. The van der Waals surface area contributed by atoms with Gasteiger partial charge in [0.25, 0.3) is 10.1 Å². The van der Waals surface area contributed by atoms with E-state index in [0.717, 1.165) is 17.1 Å². The van der Waals surface area contributed by atoms with Crippen LogP contribution in [0.2, 0.25) is 0 Å². The summed E-state index contributed by atoms with van der Waals surface area (Å²) in [5.74, 6) is 1.74. The van der Waals surface area contributed by atoms with Crippen molar-refractivity contribution >= 4 is 21.9 Å². The van der Waals surface area contributed by atoms with E-state index in [4.69, 9.17) is 8.92 Å². The summed E-state index contributed by atoms with van der Waals surface area (Å²) in [5, 5.41) is 0. The minimum atomic E-state index is -3.67. The summed E-state index contributed by atoms with van der Waals surface area (Å²) < 4.78 is 34.2. The van der Waals surface area contributed by atoms with E-state index >= 15 is 0 Å². The maximum Gasteiger partial charge on any atom is 0.297 e. The highest BCUT2D eigenvalue weighted by molar-refractivity contribution is 7.99. The van der Waals surface area contributed by atoms with Gasteiger partial charge in [0, 0.05) is 11.5 Å². The summed E-state index contributed by atoms with van der Waals surface area (Å²) in [6.07, 6.45) is -0.135. The van der Waals surface area contributed by atoms with E-state index in [1.807, 2.05) is 6.92 Å². The highest BCUT2D eigenvalue weighted by atomic mass is 32.2. The van der Waals surface area contributed by atoms with Crippen molar-refractivity contribution in [1.82, 2.24) is 0 Å². The second-order valence-electron chi connectivity index (χ2n) is 4.12. The molecule has 4 nitrogen and oxygen atoms in total. The van der Waals surface area contributed by atoms with Gasteiger partial charge in [-0.25, -0.2) is 0 Å². The fourth-order valence-corrected chi connectivity index (χ4v) is 3.34. The molecular formula is C12H16O4S2. The molecule has 2 rings (SSSR count). The van der Waals surface area contributed by atoms with Crippen LogP contribution in [0, 0.1) is 6.92 Å². The minimum absolute atomic E-state index is 0.0865. The lowest BCUT2D eigenvalue weighted by Gasteiger charge is -2.21. The Hall–Kier alpha value is -0.560. The molecule has 0 spiro atoms. The van der Waals surface area contributed by atoms with Gasteiger partial charge in [0.1, 0.15) is 0 Å². The molecule has 1 aromatic carbocycles. The first-order valence-corrected chi connectivity index (χ1v) is 8.30. The molecule has 100 valence electrons. The zero-order valence-electron chi connectivity index (χ0n) is 10.2. The fourth-order valence-electron chi connectivity index (χ4n) is 1.57. The van der Waals surface area contributed by atoms with Gasteiger partial charge in [0.15, 0.2) is 0 Å². The van der Waals surface area contributed by atoms with Crippen LogP contribution in [0.3, 0.4) is 0 Å². The van der Waals surface area contributed by atoms with Crippen molar-refractivity contribution in [2.45, 2.75) is 17.9 Å². The van der Waals surface area contributed by atoms with Crippen LogP contribution in [0.1, 0.15) is 5.56 Å². The number of ether oxygens (including phenoxy) is 1. The Morgan fingerprint density at radius 1 is 1.39 bits per heavy atom. The highest BCUT2D eigenvalue weighted by Crippen LogP contribution is 2.17. The van der Waals surface area contributed by atoms with Crippen LogP contribution in [-0.4, -0.2) is 39.2 Å². The summed E-state index contributed by atoms with van der Waals surface area (Å²) in [7, 11) is -3.67. The van der Waals surface area contributed by atoms with Crippen molar-refractivity contribution < 1.29 is 17.3 Å². The van der Waals surface area contributed by atoms with Gasteiger partial charge in [-0.05, 0) is 19.1 Å². The minimum Gasteiger partial charge on any atom is -0.374 e. The molecule has 0 aliphatic carbocycles. The summed E-state index contributed by atoms with van der Waals surface area (Å²) in [4.78, 5) is 0.191. The van der Waals surface area contributed by atoms with Crippen LogP contribution in [0.25, 0.3) is 0 Å². The Morgan fingerprint density at radius 2 is 2.11 bits per heavy atom. The molecule has 0 N–H and O–H groups in total. The molecule has 1 unspecified atom stereocenters. The summed E-state index contributed by atoms with van der Waals surface area (Å²) in [6, 6.07) is 6.62. The lowest BCUT2D eigenvalue weighted by atomic mass is 10.2. The molecule has 0 radical (unpaired) electrons. The van der Waals surface area contributed by atoms with Crippen LogP contribution in [-0.2, 0) is 19.0 Å². The van der Waals surface area contributed by atoms with Crippen LogP contribution in [0.5, 0.6) is 0 Å². The van der Waals surface area contributed by atoms with E-state index in [1.165, 1.54) is 0 Å². The zero-order chi connectivity index (χ0) is 13.0. The Labute approximate surface area is 112 Å². The van der Waals surface area contributed by atoms with Crippen molar-refractivity contribution in [3.63, 3.8) is 0 Å². The van der Waals surface area contributed by atoms with Gasteiger partial charge in [-0.3, -0.25) is 4.18 Å². The molecule has 6 heteroatoms. The molecule has 1 fully saturated rings. The Balaban J connectivity index is 1.96. The van der Waals surface area contributed by atoms with Crippen LogP contribution in [0.4, 0.5) is 0 Å². The SMILES string of the molecule is Cc1ccc(S(=O)(=O)OCC2CSCCO2)cc1. The molecule has 1 saturated heterocycles. The van der Waals surface area contributed by atoms with Crippen LogP contribution >= 0.6 is 11.8 Å². The topological polar surface area (TPSA) is 52.6 Å². The Kier molecular flexibility index (Phi) is 4.66. The Morgan fingerprint density at radius 3 is 2.72 bits per heavy atom. The smallest absolute Gasteiger partial charge is 0.297 e. The molecule has 0 amide bonds. The van der Waals surface area contributed by atoms with Gasteiger partial charge in [-0.15, -0.1) is 0 Å². The van der Waals surface area contributed by atoms with Gasteiger partial charge in [0.05, 0.1) is 24.2 Å². The Bertz CT molecular complexity index is 475. The van der Waals surface area contributed by atoms with Gasteiger partial charge in [-0.1, -0.05) is 17.7 Å². The van der Waals surface area contributed by atoms with E-state index in [9.17, 15) is 8.42 Å².